The van der Waals surface area contributed by atoms with Crippen molar-refractivity contribution in [2.45, 2.75) is 61.7 Å². The lowest BCUT2D eigenvalue weighted by molar-refractivity contribution is -0.139. The minimum absolute atomic E-state index is 0.632. The third kappa shape index (κ3) is 3.62. The molecule has 144 valence electrons. The number of aliphatic hydroxyl groups excluding tert-OH is 1. The van der Waals surface area contributed by atoms with Crippen LogP contribution in [0.25, 0.3) is 0 Å². The van der Waals surface area contributed by atoms with Gasteiger partial charge in [0.05, 0.1) is 34.6 Å². The standard InChI is InChI=1S/C14H25N3O7S/c1-13(2)12(14(3,4)25(13,23)24)17-11(22)8(6-18)16-10(21)7(15)5-9(19)20/h7-8,12,18H,5-6,15H2,1-4H3,(H,16,21)(H,17,22)(H,19,20)/t7-,8+/m0/s1. The molecule has 11 heteroatoms. The Hall–Kier alpha value is -1.72. The molecule has 2 atom stereocenters. The van der Waals surface area contributed by atoms with E-state index in [9.17, 15) is 27.9 Å². The zero-order chi connectivity index (χ0) is 19.8. The zero-order valence-electron chi connectivity index (χ0n) is 14.6. The highest BCUT2D eigenvalue weighted by molar-refractivity contribution is 7.95. The molecule has 1 aliphatic rings. The Morgan fingerprint density at radius 3 is 2.00 bits per heavy atom. The number of hydrogen-bond donors (Lipinski definition) is 5. The van der Waals surface area contributed by atoms with Crippen molar-refractivity contribution >= 4 is 27.6 Å². The van der Waals surface area contributed by atoms with E-state index in [1.165, 1.54) is 27.7 Å². The molecule has 1 fully saturated rings. The number of carbonyl (C=O) groups is 3. The van der Waals surface area contributed by atoms with E-state index in [1.807, 2.05) is 0 Å². The first kappa shape index (κ1) is 21.3. The van der Waals surface area contributed by atoms with Gasteiger partial charge in [-0.2, -0.15) is 0 Å². The third-order valence-corrected chi connectivity index (χ3v) is 7.85. The molecular formula is C14H25N3O7S. The highest BCUT2D eigenvalue weighted by Crippen LogP contribution is 2.48. The first-order valence-corrected chi connectivity index (χ1v) is 9.11. The maximum atomic E-state index is 12.3. The molecule has 6 N–H and O–H groups in total. The molecular weight excluding hydrogens is 354 g/mol. The summed E-state index contributed by atoms with van der Waals surface area (Å²) in [5.74, 6) is -2.97. The normalized spacial score (nSPS) is 23.0. The second kappa shape index (κ2) is 6.89. The molecule has 0 aromatic heterocycles. The number of aliphatic carboxylic acids is 1. The fraction of sp³-hybridized carbons (Fsp3) is 0.786. The molecule has 1 aliphatic heterocycles. The summed E-state index contributed by atoms with van der Waals surface area (Å²) in [6.45, 7) is 5.17. The van der Waals surface area contributed by atoms with Gasteiger partial charge in [0.25, 0.3) is 0 Å². The largest absolute Gasteiger partial charge is 0.481 e. The van der Waals surface area contributed by atoms with Gasteiger partial charge in [-0.1, -0.05) is 0 Å². The molecule has 0 saturated carbocycles. The van der Waals surface area contributed by atoms with Gasteiger partial charge in [-0.25, -0.2) is 8.42 Å². The Balaban J connectivity index is 2.81. The maximum Gasteiger partial charge on any atom is 0.305 e. The van der Waals surface area contributed by atoms with Crippen molar-refractivity contribution in [3.05, 3.63) is 0 Å². The van der Waals surface area contributed by atoms with Crippen LogP contribution in [0.2, 0.25) is 0 Å². The number of amides is 2. The van der Waals surface area contributed by atoms with Crippen LogP contribution in [0.1, 0.15) is 34.1 Å². The average Bonchev–Trinajstić information content (AvgIpc) is 2.47. The molecule has 0 aromatic rings. The highest BCUT2D eigenvalue weighted by atomic mass is 32.2. The van der Waals surface area contributed by atoms with E-state index in [-0.39, 0.29) is 0 Å². The van der Waals surface area contributed by atoms with Gasteiger partial charge in [0, 0.05) is 0 Å². The first-order valence-electron chi connectivity index (χ1n) is 7.63. The SMILES string of the molecule is CC1(C)C(NC(=O)[C@@H](CO)NC(=O)[C@@H](N)CC(=O)O)C(C)(C)S1(=O)=O. The molecule has 0 aromatic carbocycles. The van der Waals surface area contributed by atoms with E-state index in [0.29, 0.717) is 0 Å². The Morgan fingerprint density at radius 1 is 1.12 bits per heavy atom. The summed E-state index contributed by atoms with van der Waals surface area (Å²) in [6, 6.07) is -3.48. The number of carboxylic acids is 1. The van der Waals surface area contributed by atoms with E-state index in [1.54, 1.807) is 0 Å². The van der Waals surface area contributed by atoms with Crippen molar-refractivity contribution in [2.24, 2.45) is 5.73 Å². The first-order chi connectivity index (χ1) is 11.2. The lowest BCUT2D eigenvalue weighted by Gasteiger charge is -2.56. The number of rotatable bonds is 7. The molecule has 0 unspecified atom stereocenters. The summed E-state index contributed by atoms with van der Waals surface area (Å²) < 4.78 is 22.1. The number of aliphatic hydroxyl groups is 1. The van der Waals surface area contributed by atoms with Crippen molar-refractivity contribution in [3.63, 3.8) is 0 Å². The van der Waals surface area contributed by atoms with Crippen LogP contribution >= 0.6 is 0 Å². The van der Waals surface area contributed by atoms with Crippen LogP contribution in [0, 0.1) is 0 Å². The van der Waals surface area contributed by atoms with E-state index in [0.717, 1.165) is 0 Å². The molecule has 0 bridgehead atoms. The van der Waals surface area contributed by atoms with Crippen molar-refractivity contribution in [3.8, 4) is 0 Å². The second-order valence-electron chi connectivity index (χ2n) is 7.10. The number of hydrogen-bond acceptors (Lipinski definition) is 7. The Labute approximate surface area is 146 Å². The maximum absolute atomic E-state index is 12.3. The monoisotopic (exact) mass is 379 g/mol. The van der Waals surface area contributed by atoms with Crippen LogP contribution in [0.5, 0.6) is 0 Å². The van der Waals surface area contributed by atoms with Gasteiger partial charge >= 0.3 is 5.97 Å². The number of carboxylic acid groups (broad SMARTS) is 1. The minimum atomic E-state index is -3.46. The van der Waals surface area contributed by atoms with E-state index in [4.69, 9.17) is 10.8 Å². The van der Waals surface area contributed by atoms with E-state index < -0.39 is 68.3 Å². The Bertz CT molecular complexity index is 650. The Morgan fingerprint density at radius 2 is 1.60 bits per heavy atom. The van der Waals surface area contributed by atoms with Crippen LogP contribution < -0.4 is 16.4 Å². The summed E-state index contributed by atoms with van der Waals surface area (Å²) in [7, 11) is -3.46. The molecule has 1 heterocycles. The molecule has 1 rings (SSSR count). The number of nitrogens with two attached hydrogens (primary N) is 1. The van der Waals surface area contributed by atoms with Gasteiger partial charge in [0.15, 0.2) is 9.84 Å². The molecule has 10 nitrogen and oxygen atoms in total. The van der Waals surface area contributed by atoms with Crippen LogP contribution in [0.15, 0.2) is 0 Å². The van der Waals surface area contributed by atoms with Crippen molar-refractivity contribution in [1.29, 1.82) is 0 Å². The quantitative estimate of drug-likeness (QED) is 0.329. The summed E-state index contributed by atoms with van der Waals surface area (Å²) in [4.78, 5) is 34.7. The number of nitrogens with one attached hydrogen (secondary N) is 2. The lowest BCUT2D eigenvalue weighted by atomic mass is 9.89. The number of sulfone groups is 1. The molecule has 0 spiro atoms. The molecule has 25 heavy (non-hydrogen) atoms. The van der Waals surface area contributed by atoms with Gasteiger partial charge in [0.1, 0.15) is 6.04 Å². The molecule has 0 radical (unpaired) electrons. The fourth-order valence-electron chi connectivity index (χ4n) is 3.11. The predicted octanol–water partition coefficient (Wildman–Crippen LogP) is -2.26. The summed E-state index contributed by atoms with van der Waals surface area (Å²) in [5, 5.41) is 22.6. The topological polar surface area (TPSA) is 176 Å². The fourth-order valence-corrected chi connectivity index (χ4v) is 5.61. The van der Waals surface area contributed by atoms with Gasteiger partial charge in [-0.3, -0.25) is 14.4 Å². The van der Waals surface area contributed by atoms with Crippen LogP contribution in [0.4, 0.5) is 0 Å². The summed E-state index contributed by atoms with van der Waals surface area (Å²) in [5.41, 5.74) is 5.40. The van der Waals surface area contributed by atoms with Crippen molar-refractivity contribution in [2.75, 3.05) is 6.61 Å². The Kier molecular flexibility index (Phi) is 5.87. The molecule has 0 aliphatic carbocycles. The van der Waals surface area contributed by atoms with Gasteiger partial charge in [-0.15, -0.1) is 0 Å². The average molecular weight is 379 g/mol. The summed E-state index contributed by atoms with van der Waals surface area (Å²) in [6.07, 6.45) is -0.632. The zero-order valence-corrected chi connectivity index (χ0v) is 15.4. The van der Waals surface area contributed by atoms with Gasteiger partial charge in [0.2, 0.25) is 11.8 Å². The van der Waals surface area contributed by atoms with Crippen molar-refractivity contribution < 1.29 is 33.0 Å². The van der Waals surface area contributed by atoms with Gasteiger partial charge in [-0.05, 0) is 27.7 Å². The van der Waals surface area contributed by atoms with Crippen LogP contribution in [-0.2, 0) is 24.2 Å². The minimum Gasteiger partial charge on any atom is -0.481 e. The smallest absolute Gasteiger partial charge is 0.305 e. The van der Waals surface area contributed by atoms with Crippen LogP contribution in [0.3, 0.4) is 0 Å². The lowest BCUT2D eigenvalue weighted by Crippen LogP contribution is -2.78. The van der Waals surface area contributed by atoms with E-state index >= 15 is 0 Å². The number of carbonyl (C=O) groups excluding carboxylic acids is 2. The highest BCUT2D eigenvalue weighted by Gasteiger charge is 2.67. The van der Waals surface area contributed by atoms with Crippen LogP contribution in [-0.4, -0.2) is 70.6 Å². The second-order valence-corrected chi connectivity index (χ2v) is 10.2. The molecule has 2 amide bonds. The third-order valence-electron chi connectivity index (χ3n) is 4.61. The molecule has 1 saturated heterocycles. The predicted molar refractivity (Wildman–Crippen MR) is 88.3 cm³/mol. The van der Waals surface area contributed by atoms with Crippen molar-refractivity contribution in [1.82, 2.24) is 10.6 Å². The van der Waals surface area contributed by atoms with E-state index in [2.05, 4.69) is 10.6 Å². The summed E-state index contributed by atoms with van der Waals surface area (Å²) >= 11 is 0. The van der Waals surface area contributed by atoms with Gasteiger partial charge < -0.3 is 26.6 Å².